The second-order valence-electron chi connectivity index (χ2n) is 5.65. The molecule has 0 aromatic heterocycles. The molecule has 2 N–H and O–H groups in total. The molecule has 0 radical (unpaired) electrons. The number of carboxylic acids is 1. The first-order chi connectivity index (χ1) is 13.4. The highest BCUT2D eigenvalue weighted by molar-refractivity contribution is 6.35. The first kappa shape index (κ1) is 20.9. The van der Waals surface area contributed by atoms with E-state index in [0.717, 1.165) is 5.56 Å². The molecule has 0 fully saturated rings. The Morgan fingerprint density at radius 2 is 1.89 bits per heavy atom. The predicted octanol–water partition coefficient (Wildman–Crippen LogP) is 0.796. The lowest BCUT2D eigenvalue weighted by Gasteiger charge is -2.13. The van der Waals surface area contributed by atoms with Crippen LogP contribution in [0.3, 0.4) is 0 Å². The zero-order valence-electron chi connectivity index (χ0n) is 14.8. The van der Waals surface area contributed by atoms with Gasteiger partial charge in [0.2, 0.25) is 0 Å². The minimum absolute atomic E-state index is 0.175. The average Bonchev–Trinajstić information content (AvgIpc) is 2.67. The van der Waals surface area contributed by atoms with Crippen LogP contribution < -0.4 is 20.6 Å². The van der Waals surface area contributed by atoms with Crippen molar-refractivity contribution in [3.8, 4) is 5.75 Å². The second-order valence-corrected chi connectivity index (χ2v) is 6.08. The third kappa shape index (κ3) is 6.40. The summed E-state index contributed by atoms with van der Waals surface area (Å²) in [5.41, 5.74) is 3.25. The Hall–Kier alpha value is -3.39. The Bertz CT molecular complexity index is 886. The Morgan fingerprint density at radius 3 is 2.57 bits per heavy atom. The molecule has 0 unspecified atom stereocenters. The van der Waals surface area contributed by atoms with Gasteiger partial charge in [-0.25, -0.2) is 5.43 Å². The summed E-state index contributed by atoms with van der Waals surface area (Å²) in [6, 6.07) is 13.2. The number of aliphatic carboxylic acids is 1. The highest BCUT2D eigenvalue weighted by Gasteiger charge is 2.16. The molecule has 0 aliphatic rings. The van der Waals surface area contributed by atoms with E-state index in [9.17, 15) is 19.5 Å². The second kappa shape index (κ2) is 10.1. The minimum Gasteiger partial charge on any atom is -0.546 e. The van der Waals surface area contributed by atoms with E-state index < -0.39 is 24.4 Å². The maximum atomic E-state index is 12.0. The number of rotatable bonds is 7. The van der Waals surface area contributed by atoms with Gasteiger partial charge in [0.05, 0.1) is 18.2 Å². The number of hydrogen-bond acceptors (Lipinski definition) is 6. The molecule has 0 saturated carbocycles. The Balaban J connectivity index is 1.96. The van der Waals surface area contributed by atoms with Gasteiger partial charge in [-0.3, -0.25) is 9.59 Å². The number of carboxylic acid groups (broad SMARTS) is 1. The zero-order chi connectivity index (χ0) is 20.5. The summed E-state index contributed by atoms with van der Waals surface area (Å²) in [4.78, 5) is 34.4. The van der Waals surface area contributed by atoms with Crippen LogP contribution in [0.25, 0.3) is 0 Å². The molecule has 2 rings (SSSR count). The number of carbonyl (C=O) groups excluding carboxylic acids is 3. The van der Waals surface area contributed by atoms with Crippen molar-refractivity contribution in [2.24, 2.45) is 5.10 Å². The normalized spacial score (nSPS) is 11.6. The lowest BCUT2D eigenvalue weighted by Crippen LogP contribution is -2.39. The third-order valence-electron chi connectivity index (χ3n) is 3.54. The molecular formula is C19H17ClN3O5-. The first-order valence-electron chi connectivity index (χ1n) is 8.18. The molecular weight excluding hydrogens is 386 g/mol. The van der Waals surface area contributed by atoms with Crippen molar-refractivity contribution in [1.82, 2.24) is 10.7 Å². The molecule has 28 heavy (non-hydrogen) atoms. The summed E-state index contributed by atoms with van der Waals surface area (Å²) in [6.45, 7) is 1.09. The minimum atomic E-state index is -1.39. The number of halogens is 1. The van der Waals surface area contributed by atoms with Crippen molar-refractivity contribution in [2.75, 3.05) is 6.61 Å². The predicted molar refractivity (Wildman–Crippen MR) is 101 cm³/mol. The number of hydrazone groups is 1. The Labute approximate surface area is 166 Å². The van der Waals surface area contributed by atoms with Crippen LogP contribution >= 0.6 is 11.6 Å². The molecule has 0 bridgehead atoms. The SMILES string of the molecule is C[C@@H](NC(=O)C(=O)N/N=C\c1cc(Cl)ccc1OCC(=O)[O-])c1ccccc1. The van der Waals surface area contributed by atoms with Gasteiger partial charge in [0.15, 0.2) is 0 Å². The highest BCUT2D eigenvalue weighted by Crippen LogP contribution is 2.21. The fraction of sp³-hybridized carbons (Fsp3) is 0.158. The van der Waals surface area contributed by atoms with E-state index in [1.54, 1.807) is 6.92 Å². The van der Waals surface area contributed by atoms with Crippen LogP contribution in [0.15, 0.2) is 53.6 Å². The van der Waals surface area contributed by atoms with Crippen LogP contribution in [-0.4, -0.2) is 30.6 Å². The highest BCUT2D eigenvalue weighted by atomic mass is 35.5. The van der Waals surface area contributed by atoms with E-state index in [1.165, 1.54) is 24.4 Å². The molecule has 146 valence electrons. The number of carbonyl (C=O) groups is 3. The van der Waals surface area contributed by atoms with Gasteiger partial charge in [0, 0.05) is 10.6 Å². The smallest absolute Gasteiger partial charge is 0.329 e. The van der Waals surface area contributed by atoms with Gasteiger partial charge in [-0.1, -0.05) is 41.9 Å². The summed E-state index contributed by atoms with van der Waals surface area (Å²) in [6.07, 6.45) is 1.18. The lowest BCUT2D eigenvalue weighted by molar-refractivity contribution is -0.307. The van der Waals surface area contributed by atoms with Crippen molar-refractivity contribution in [1.29, 1.82) is 0 Å². The Morgan fingerprint density at radius 1 is 1.18 bits per heavy atom. The standard InChI is InChI=1S/C19H18ClN3O5/c1-12(13-5-3-2-4-6-13)22-18(26)19(27)23-21-10-14-9-15(20)7-8-16(14)28-11-17(24)25/h2-10,12H,11H2,1H3,(H,22,26)(H,23,27)(H,24,25)/p-1/b21-10-/t12-/m1/s1. The maximum Gasteiger partial charge on any atom is 0.329 e. The molecule has 0 saturated heterocycles. The molecule has 2 amide bonds. The first-order valence-corrected chi connectivity index (χ1v) is 8.55. The summed E-state index contributed by atoms with van der Waals surface area (Å²) < 4.78 is 5.06. The van der Waals surface area contributed by atoms with Crippen LogP contribution in [0.5, 0.6) is 5.75 Å². The van der Waals surface area contributed by atoms with Crippen LogP contribution in [0.2, 0.25) is 5.02 Å². The summed E-state index contributed by atoms with van der Waals surface area (Å²) in [7, 11) is 0. The monoisotopic (exact) mass is 402 g/mol. The van der Waals surface area contributed by atoms with Crippen LogP contribution in [0.4, 0.5) is 0 Å². The van der Waals surface area contributed by atoms with Gasteiger partial charge in [0.1, 0.15) is 12.4 Å². The largest absolute Gasteiger partial charge is 0.546 e. The molecule has 9 heteroatoms. The summed E-state index contributed by atoms with van der Waals surface area (Å²) in [5, 5.41) is 17.1. The third-order valence-corrected chi connectivity index (χ3v) is 3.78. The average molecular weight is 403 g/mol. The van der Waals surface area contributed by atoms with Crippen LogP contribution in [-0.2, 0) is 14.4 Å². The van der Waals surface area contributed by atoms with Crippen molar-refractivity contribution in [2.45, 2.75) is 13.0 Å². The van der Waals surface area contributed by atoms with Crippen molar-refractivity contribution in [3.63, 3.8) is 0 Å². The van der Waals surface area contributed by atoms with E-state index in [1.807, 2.05) is 30.3 Å². The van der Waals surface area contributed by atoms with Crippen LogP contribution in [0, 0.1) is 0 Å². The quantitative estimate of drug-likeness (QED) is 0.403. The fourth-order valence-corrected chi connectivity index (χ4v) is 2.37. The molecule has 8 nitrogen and oxygen atoms in total. The van der Waals surface area contributed by atoms with E-state index in [4.69, 9.17) is 16.3 Å². The molecule has 1 atom stereocenters. The lowest BCUT2D eigenvalue weighted by atomic mass is 10.1. The van der Waals surface area contributed by atoms with Crippen molar-refractivity contribution < 1.29 is 24.2 Å². The van der Waals surface area contributed by atoms with Gasteiger partial charge in [0.25, 0.3) is 0 Å². The topological polar surface area (TPSA) is 120 Å². The number of benzene rings is 2. The molecule has 0 aliphatic heterocycles. The Kier molecular flexibility index (Phi) is 7.53. The number of nitrogens with zero attached hydrogens (tertiary/aromatic N) is 1. The van der Waals surface area contributed by atoms with E-state index in [-0.39, 0.29) is 11.8 Å². The van der Waals surface area contributed by atoms with Gasteiger partial charge < -0.3 is 20.0 Å². The molecule has 2 aromatic carbocycles. The summed E-state index contributed by atoms with van der Waals surface area (Å²) in [5.74, 6) is -3.03. The number of ether oxygens (including phenoxy) is 1. The van der Waals surface area contributed by atoms with E-state index in [0.29, 0.717) is 10.6 Å². The fourth-order valence-electron chi connectivity index (χ4n) is 2.19. The van der Waals surface area contributed by atoms with E-state index >= 15 is 0 Å². The van der Waals surface area contributed by atoms with Gasteiger partial charge in [-0.05, 0) is 30.7 Å². The van der Waals surface area contributed by atoms with Crippen molar-refractivity contribution in [3.05, 3.63) is 64.7 Å². The van der Waals surface area contributed by atoms with E-state index in [2.05, 4.69) is 15.8 Å². The molecule has 2 aromatic rings. The number of nitrogens with one attached hydrogen (secondary N) is 2. The van der Waals surface area contributed by atoms with Gasteiger partial charge in [-0.15, -0.1) is 0 Å². The number of hydrogen-bond donors (Lipinski definition) is 2. The maximum absolute atomic E-state index is 12.0. The molecule has 0 heterocycles. The van der Waals surface area contributed by atoms with Gasteiger partial charge >= 0.3 is 11.8 Å². The number of amides is 2. The van der Waals surface area contributed by atoms with Crippen molar-refractivity contribution >= 4 is 35.6 Å². The molecule has 0 aliphatic carbocycles. The summed E-state index contributed by atoms with van der Waals surface area (Å²) >= 11 is 5.89. The zero-order valence-corrected chi connectivity index (χ0v) is 15.6. The van der Waals surface area contributed by atoms with Crippen LogP contribution in [0.1, 0.15) is 24.1 Å². The molecule has 0 spiro atoms. The van der Waals surface area contributed by atoms with Gasteiger partial charge in [-0.2, -0.15) is 5.10 Å².